The summed E-state index contributed by atoms with van der Waals surface area (Å²) in [5, 5.41) is 1.03. The predicted octanol–water partition coefficient (Wildman–Crippen LogP) is 4.57. The Morgan fingerprint density at radius 2 is 1.84 bits per heavy atom. The van der Waals surface area contributed by atoms with E-state index in [9.17, 15) is 8.42 Å². The molecule has 0 unspecified atom stereocenters. The van der Waals surface area contributed by atoms with Crippen LogP contribution in [0.5, 0.6) is 0 Å². The Hall–Kier alpha value is 0.430. The molecule has 0 heterocycles. The van der Waals surface area contributed by atoms with Gasteiger partial charge in [-0.05, 0) is 49.9 Å². The molecule has 0 spiro atoms. The van der Waals surface area contributed by atoms with Crippen LogP contribution in [0, 0.1) is 11.3 Å². The molecule has 1 aliphatic rings. The molecule has 0 radical (unpaired) electrons. The normalized spacial score (nSPS) is 28.5. The molecule has 0 aliphatic heterocycles. The molecule has 1 saturated carbocycles. The molecular weight excluding hydrogens is 324 g/mol. The van der Waals surface area contributed by atoms with Gasteiger partial charge in [0, 0.05) is 17.3 Å². The summed E-state index contributed by atoms with van der Waals surface area (Å²) < 4.78 is 22.4. The summed E-state index contributed by atoms with van der Waals surface area (Å²) in [6.45, 7) is 2.26. The van der Waals surface area contributed by atoms with Gasteiger partial charge >= 0.3 is 0 Å². The van der Waals surface area contributed by atoms with E-state index in [1.807, 2.05) is 0 Å². The van der Waals surface area contributed by atoms with Gasteiger partial charge in [-0.3, -0.25) is 0 Å². The Balaban J connectivity index is 2.37. The van der Waals surface area contributed by atoms with Crippen molar-refractivity contribution in [2.45, 2.75) is 64.7 Å². The maximum atomic E-state index is 11.2. The molecule has 0 aromatic heterocycles. The average Bonchev–Trinajstić information content (AvgIpc) is 2.36. The number of halogens is 1. The van der Waals surface area contributed by atoms with E-state index in [-0.39, 0.29) is 0 Å². The van der Waals surface area contributed by atoms with Crippen LogP contribution >= 0.6 is 15.9 Å². The molecule has 0 amide bonds. The van der Waals surface area contributed by atoms with Crippen LogP contribution in [-0.4, -0.2) is 25.8 Å². The lowest BCUT2D eigenvalue weighted by atomic mass is 9.68. The summed E-state index contributed by atoms with van der Waals surface area (Å²) in [5.74, 6) is 1.27. The number of sulfone groups is 1. The molecule has 19 heavy (non-hydrogen) atoms. The van der Waals surface area contributed by atoms with Crippen LogP contribution in [0.15, 0.2) is 0 Å². The van der Waals surface area contributed by atoms with Gasteiger partial charge in [-0.15, -0.1) is 0 Å². The van der Waals surface area contributed by atoms with Gasteiger partial charge in [0.05, 0.1) is 0 Å². The van der Waals surface area contributed by atoms with Gasteiger partial charge in [0.25, 0.3) is 0 Å². The number of hydrogen-bond acceptors (Lipinski definition) is 2. The van der Waals surface area contributed by atoms with Crippen molar-refractivity contribution in [1.82, 2.24) is 0 Å². The van der Waals surface area contributed by atoms with E-state index in [1.165, 1.54) is 51.2 Å². The third-order valence-corrected chi connectivity index (χ3v) is 6.86. The molecule has 114 valence electrons. The highest BCUT2D eigenvalue weighted by Crippen LogP contribution is 2.44. The molecule has 2 nitrogen and oxygen atoms in total. The van der Waals surface area contributed by atoms with E-state index >= 15 is 0 Å². The smallest absolute Gasteiger partial charge is 0.147 e. The summed E-state index contributed by atoms with van der Waals surface area (Å²) in [7, 11) is -2.80. The molecule has 0 aromatic rings. The molecule has 0 bridgehead atoms. The highest BCUT2D eigenvalue weighted by Gasteiger charge is 2.33. The standard InChI is InChI=1S/C15H29BrO2S/c1-3-4-6-14-7-10-15(13-16,11-8-14)9-5-12-19(2,17)18/h14H,3-13H2,1-2H3. The first-order valence-electron chi connectivity index (χ1n) is 7.64. The molecule has 4 heteroatoms. The first-order valence-corrected chi connectivity index (χ1v) is 10.8. The average molecular weight is 353 g/mol. The van der Waals surface area contributed by atoms with Crippen molar-refractivity contribution < 1.29 is 8.42 Å². The van der Waals surface area contributed by atoms with Crippen molar-refractivity contribution in [2.75, 3.05) is 17.3 Å². The Bertz CT molecular complexity index is 343. The topological polar surface area (TPSA) is 34.1 Å². The van der Waals surface area contributed by atoms with Crippen LogP contribution in [0.4, 0.5) is 0 Å². The Kier molecular flexibility index (Phi) is 7.37. The molecule has 0 N–H and O–H groups in total. The first kappa shape index (κ1) is 17.5. The van der Waals surface area contributed by atoms with Crippen LogP contribution in [0.2, 0.25) is 0 Å². The van der Waals surface area contributed by atoms with Crippen LogP contribution in [0.1, 0.15) is 64.7 Å². The minimum Gasteiger partial charge on any atom is -0.229 e. The highest BCUT2D eigenvalue weighted by molar-refractivity contribution is 9.09. The molecule has 1 rings (SSSR count). The van der Waals surface area contributed by atoms with E-state index in [0.29, 0.717) is 11.2 Å². The molecule has 1 aliphatic carbocycles. The quantitative estimate of drug-likeness (QED) is 0.599. The van der Waals surface area contributed by atoms with Gasteiger partial charge in [-0.25, -0.2) is 8.42 Å². The summed E-state index contributed by atoms with van der Waals surface area (Å²) in [5.41, 5.74) is 0.368. The number of unbranched alkanes of at least 4 members (excludes halogenated alkanes) is 1. The zero-order valence-corrected chi connectivity index (χ0v) is 14.9. The number of alkyl halides is 1. The maximum absolute atomic E-state index is 11.2. The fourth-order valence-corrected chi connectivity index (χ4v) is 4.74. The molecule has 0 atom stereocenters. The van der Waals surface area contributed by atoms with Crippen LogP contribution in [-0.2, 0) is 9.84 Å². The van der Waals surface area contributed by atoms with Crippen molar-refractivity contribution in [3.05, 3.63) is 0 Å². The summed E-state index contributed by atoms with van der Waals surface area (Å²) in [6.07, 6.45) is 12.5. The van der Waals surface area contributed by atoms with Crippen LogP contribution < -0.4 is 0 Å². The molecule has 0 saturated heterocycles. The van der Waals surface area contributed by atoms with Crippen molar-refractivity contribution >= 4 is 25.8 Å². The van der Waals surface area contributed by atoms with Gasteiger partial charge in [-0.1, -0.05) is 42.1 Å². The minimum absolute atomic E-state index is 0.348. The van der Waals surface area contributed by atoms with Gasteiger partial charge in [0.2, 0.25) is 0 Å². The second-order valence-electron chi connectivity index (χ2n) is 6.45. The van der Waals surface area contributed by atoms with Gasteiger partial charge in [-0.2, -0.15) is 0 Å². The molecule has 1 fully saturated rings. The summed E-state index contributed by atoms with van der Waals surface area (Å²) >= 11 is 3.67. The van der Waals surface area contributed by atoms with E-state index in [1.54, 1.807) is 0 Å². The van der Waals surface area contributed by atoms with Gasteiger partial charge < -0.3 is 0 Å². The van der Waals surface area contributed by atoms with E-state index in [4.69, 9.17) is 0 Å². The zero-order valence-electron chi connectivity index (χ0n) is 12.5. The fraction of sp³-hybridized carbons (Fsp3) is 1.00. The first-order chi connectivity index (χ1) is 8.91. The SMILES string of the molecule is CCCCC1CCC(CBr)(CCCS(C)(=O)=O)CC1. The Labute approximate surface area is 127 Å². The van der Waals surface area contributed by atoms with Crippen molar-refractivity contribution in [3.8, 4) is 0 Å². The Morgan fingerprint density at radius 1 is 1.21 bits per heavy atom. The number of rotatable bonds is 8. The second-order valence-corrected chi connectivity index (χ2v) is 9.27. The largest absolute Gasteiger partial charge is 0.229 e. The molecule has 0 aromatic carbocycles. The minimum atomic E-state index is -2.80. The van der Waals surface area contributed by atoms with Crippen molar-refractivity contribution in [1.29, 1.82) is 0 Å². The van der Waals surface area contributed by atoms with Gasteiger partial charge in [0.1, 0.15) is 9.84 Å². The van der Waals surface area contributed by atoms with E-state index in [2.05, 4.69) is 22.9 Å². The zero-order chi connectivity index (χ0) is 14.4. The lowest BCUT2D eigenvalue weighted by molar-refractivity contribution is 0.157. The molecular formula is C15H29BrO2S. The van der Waals surface area contributed by atoms with E-state index < -0.39 is 9.84 Å². The fourth-order valence-electron chi connectivity index (χ4n) is 3.23. The lowest BCUT2D eigenvalue weighted by Gasteiger charge is -2.39. The summed E-state index contributed by atoms with van der Waals surface area (Å²) in [4.78, 5) is 0. The second kappa shape index (κ2) is 8.02. The maximum Gasteiger partial charge on any atom is 0.147 e. The third kappa shape index (κ3) is 6.61. The Morgan fingerprint density at radius 3 is 2.32 bits per heavy atom. The predicted molar refractivity (Wildman–Crippen MR) is 86.7 cm³/mol. The van der Waals surface area contributed by atoms with Gasteiger partial charge in [0.15, 0.2) is 0 Å². The van der Waals surface area contributed by atoms with Crippen molar-refractivity contribution in [3.63, 3.8) is 0 Å². The van der Waals surface area contributed by atoms with E-state index in [0.717, 1.165) is 24.1 Å². The monoisotopic (exact) mass is 352 g/mol. The lowest BCUT2D eigenvalue weighted by Crippen LogP contribution is -2.29. The van der Waals surface area contributed by atoms with Crippen LogP contribution in [0.25, 0.3) is 0 Å². The summed E-state index contributed by atoms with van der Waals surface area (Å²) in [6, 6.07) is 0. The third-order valence-electron chi connectivity index (χ3n) is 4.64. The van der Waals surface area contributed by atoms with Crippen LogP contribution in [0.3, 0.4) is 0 Å². The van der Waals surface area contributed by atoms with Crippen molar-refractivity contribution in [2.24, 2.45) is 11.3 Å². The highest BCUT2D eigenvalue weighted by atomic mass is 79.9. The number of hydrogen-bond donors (Lipinski definition) is 0.